The van der Waals surface area contributed by atoms with E-state index in [0.29, 0.717) is 24.5 Å². The molecule has 92 valence electrons. The Balaban J connectivity index is 2.64. The number of likely N-dealkylation sites (N-methyl/N-ethyl adjacent to an activating group) is 1. The van der Waals surface area contributed by atoms with Crippen LogP contribution in [0.25, 0.3) is 0 Å². The van der Waals surface area contributed by atoms with Crippen LogP contribution in [0.4, 0.5) is 5.82 Å². The first-order valence-corrected chi connectivity index (χ1v) is 5.41. The van der Waals surface area contributed by atoms with Gasteiger partial charge >= 0.3 is 0 Å². The lowest BCUT2D eigenvalue weighted by Gasteiger charge is -2.27. The van der Waals surface area contributed by atoms with Gasteiger partial charge in [-0.25, -0.2) is 4.98 Å². The number of nitriles is 1. The molecule has 0 aromatic carbocycles. The summed E-state index contributed by atoms with van der Waals surface area (Å²) < 4.78 is 0. The van der Waals surface area contributed by atoms with Crippen molar-refractivity contribution in [2.45, 2.75) is 12.5 Å². The molecule has 0 spiro atoms. The van der Waals surface area contributed by atoms with Gasteiger partial charge in [0.2, 0.25) is 0 Å². The van der Waals surface area contributed by atoms with Crippen molar-refractivity contribution in [3.05, 3.63) is 23.9 Å². The highest BCUT2D eigenvalue weighted by Gasteiger charge is 2.21. The van der Waals surface area contributed by atoms with Crippen molar-refractivity contribution in [1.29, 1.82) is 5.26 Å². The lowest BCUT2D eigenvalue weighted by atomic mass is 10.1. The summed E-state index contributed by atoms with van der Waals surface area (Å²) in [6.07, 6.45) is 1.61. The molecule has 1 atom stereocenters. The highest BCUT2D eigenvalue weighted by atomic mass is 16.3. The number of hydrogen-bond donors (Lipinski definition) is 2. The zero-order valence-electron chi connectivity index (χ0n) is 10.4. The molecule has 0 radical (unpaired) electrons. The SMILES string of the molecule is CN(C)CC(C)(O)CNc1ncccc1C#N. The fraction of sp³-hybridized carbons (Fsp3) is 0.500. The quantitative estimate of drug-likeness (QED) is 0.783. The fourth-order valence-electron chi connectivity index (χ4n) is 1.65. The summed E-state index contributed by atoms with van der Waals surface area (Å²) in [5.41, 5.74) is -0.388. The number of pyridine rings is 1. The summed E-state index contributed by atoms with van der Waals surface area (Å²) >= 11 is 0. The lowest BCUT2D eigenvalue weighted by molar-refractivity contribution is 0.0459. The molecule has 1 aromatic rings. The van der Waals surface area contributed by atoms with Gasteiger partial charge in [0.05, 0.1) is 11.2 Å². The van der Waals surface area contributed by atoms with Gasteiger partial charge in [-0.05, 0) is 33.2 Å². The minimum atomic E-state index is -0.867. The van der Waals surface area contributed by atoms with Crippen LogP contribution in [-0.2, 0) is 0 Å². The molecule has 5 heteroatoms. The highest BCUT2D eigenvalue weighted by Crippen LogP contribution is 2.12. The molecule has 0 aliphatic rings. The van der Waals surface area contributed by atoms with E-state index in [2.05, 4.69) is 16.4 Å². The third-order valence-electron chi connectivity index (χ3n) is 2.22. The molecule has 0 saturated heterocycles. The molecule has 0 fully saturated rings. The first-order valence-electron chi connectivity index (χ1n) is 5.41. The molecule has 1 rings (SSSR count). The van der Waals surface area contributed by atoms with Crippen LogP contribution in [0.1, 0.15) is 12.5 Å². The normalized spacial score (nSPS) is 14.1. The molecule has 17 heavy (non-hydrogen) atoms. The van der Waals surface area contributed by atoms with Gasteiger partial charge in [-0.3, -0.25) is 0 Å². The first-order chi connectivity index (χ1) is 7.94. The molecule has 0 saturated carbocycles. The minimum absolute atomic E-state index is 0.344. The molecule has 1 unspecified atom stereocenters. The Bertz CT molecular complexity index is 409. The van der Waals surface area contributed by atoms with Crippen molar-refractivity contribution in [2.75, 3.05) is 32.5 Å². The van der Waals surface area contributed by atoms with Crippen LogP contribution >= 0.6 is 0 Å². The summed E-state index contributed by atoms with van der Waals surface area (Å²) in [6.45, 7) is 2.63. The minimum Gasteiger partial charge on any atom is -0.387 e. The molecule has 5 nitrogen and oxygen atoms in total. The largest absolute Gasteiger partial charge is 0.387 e. The predicted molar refractivity (Wildman–Crippen MR) is 66.6 cm³/mol. The van der Waals surface area contributed by atoms with Crippen LogP contribution in [0.15, 0.2) is 18.3 Å². The van der Waals surface area contributed by atoms with E-state index in [1.165, 1.54) is 0 Å². The van der Waals surface area contributed by atoms with Crippen molar-refractivity contribution in [2.24, 2.45) is 0 Å². The summed E-state index contributed by atoms with van der Waals surface area (Å²) in [4.78, 5) is 5.98. The molecule has 0 bridgehead atoms. The van der Waals surface area contributed by atoms with Crippen molar-refractivity contribution >= 4 is 5.82 Å². The summed E-state index contributed by atoms with van der Waals surface area (Å²) in [7, 11) is 3.80. The highest BCUT2D eigenvalue weighted by molar-refractivity contribution is 5.51. The van der Waals surface area contributed by atoms with E-state index in [0.717, 1.165) is 0 Å². The Morgan fingerprint density at radius 1 is 1.59 bits per heavy atom. The lowest BCUT2D eigenvalue weighted by Crippen LogP contribution is -2.43. The van der Waals surface area contributed by atoms with Crippen LogP contribution in [0, 0.1) is 11.3 Å². The molecule has 0 amide bonds. The Hall–Kier alpha value is -1.64. The van der Waals surface area contributed by atoms with Crippen LogP contribution < -0.4 is 5.32 Å². The maximum absolute atomic E-state index is 10.1. The second-order valence-corrected chi connectivity index (χ2v) is 4.60. The zero-order chi connectivity index (χ0) is 12.9. The monoisotopic (exact) mass is 234 g/mol. The van der Waals surface area contributed by atoms with Gasteiger partial charge in [0.1, 0.15) is 11.9 Å². The van der Waals surface area contributed by atoms with E-state index in [4.69, 9.17) is 5.26 Å². The Labute approximate surface area is 102 Å². The molecular formula is C12H18N4O. The number of hydrogen-bond acceptors (Lipinski definition) is 5. The van der Waals surface area contributed by atoms with Crippen molar-refractivity contribution in [3.63, 3.8) is 0 Å². The van der Waals surface area contributed by atoms with Crippen molar-refractivity contribution in [3.8, 4) is 6.07 Å². The van der Waals surface area contributed by atoms with E-state index in [-0.39, 0.29) is 0 Å². The Morgan fingerprint density at radius 2 is 2.29 bits per heavy atom. The number of nitrogens with one attached hydrogen (secondary N) is 1. The van der Waals surface area contributed by atoms with Gasteiger partial charge in [0.15, 0.2) is 0 Å². The van der Waals surface area contributed by atoms with Crippen LogP contribution in [0.2, 0.25) is 0 Å². The maximum Gasteiger partial charge on any atom is 0.143 e. The maximum atomic E-state index is 10.1. The number of anilines is 1. The third-order valence-corrected chi connectivity index (χ3v) is 2.22. The van der Waals surface area contributed by atoms with Gasteiger partial charge in [0.25, 0.3) is 0 Å². The summed E-state index contributed by atoms with van der Waals surface area (Å²) in [5, 5.41) is 22.0. The smallest absolute Gasteiger partial charge is 0.143 e. The van der Waals surface area contributed by atoms with Crippen LogP contribution in [0.5, 0.6) is 0 Å². The van der Waals surface area contributed by atoms with E-state index < -0.39 is 5.60 Å². The van der Waals surface area contributed by atoms with Gasteiger partial charge in [-0.2, -0.15) is 5.26 Å². The molecular weight excluding hydrogens is 216 g/mol. The van der Waals surface area contributed by atoms with Gasteiger partial charge in [0, 0.05) is 19.3 Å². The predicted octanol–water partition coefficient (Wildman–Crippen LogP) is 0.678. The topological polar surface area (TPSA) is 72.2 Å². The average molecular weight is 234 g/mol. The average Bonchev–Trinajstić information content (AvgIpc) is 2.25. The fourth-order valence-corrected chi connectivity index (χ4v) is 1.65. The van der Waals surface area contributed by atoms with Crippen LogP contribution in [0.3, 0.4) is 0 Å². The number of rotatable bonds is 5. The number of nitrogens with zero attached hydrogens (tertiary/aromatic N) is 3. The van der Waals surface area contributed by atoms with E-state index >= 15 is 0 Å². The van der Waals surface area contributed by atoms with Crippen molar-refractivity contribution < 1.29 is 5.11 Å². The van der Waals surface area contributed by atoms with E-state index in [1.807, 2.05) is 19.0 Å². The van der Waals surface area contributed by atoms with E-state index in [9.17, 15) is 5.11 Å². The van der Waals surface area contributed by atoms with Crippen molar-refractivity contribution in [1.82, 2.24) is 9.88 Å². The molecule has 0 aliphatic carbocycles. The number of aliphatic hydroxyl groups is 1. The van der Waals surface area contributed by atoms with E-state index in [1.54, 1.807) is 25.3 Å². The number of aromatic nitrogens is 1. The molecule has 0 aliphatic heterocycles. The van der Waals surface area contributed by atoms with Crippen LogP contribution in [-0.4, -0.2) is 47.8 Å². The first kappa shape index (κ1) is 13.4. The zero-order valence-corrected chi connectivity index (χ0v) is 10.4. The summed E-state index contributed by atoms with van der Waals surface area (Å²) in [6, 6.07) is 5.46. The summed E-state index contributed by atoms with van der Waals surface area (Å²) in [5.74, 6) is 0.508. The molecule has 2 N–H and O–H groups in total. The molecule has 1 aromatic heterocycles. The molecule has 1 heterocycles. The third kappa shape index (κ3) is 4.39. The second-order valence-electron chi connectivity index (χ2n) is 4.60. The van der Waals surface area contributed by atoms with Gasteiger partial charge in [-0.15, -0.1) is 0 Å². The Kier molecular flexibility index (Phi) is 4.44. The Morgan fingerprint density at radius 3 is 2.88 bits per heavy atom. The standard InChI is InChI=1S/C12H18N4O/c1-12(17,9-16(2)3)8-15-11-10(7-13)5-4-6-14-11/h4-6,17H,8-9H2,1-3H3,(H,14,15). The van der Waals surface area contributed by atoms with Gasteiger partial charge in [-0.1, -0.05) is 0 Å². The second kappa shape index (κ2) is 5.62. The van der Waals surface area contributed by atoms with Gasteiger partial charge < -0.3 is 15.3 Å².